The highest BCUT2D eigenvalue weighted by molar-refractivity contribution is 6.31. The summed E-state index contributed by atoms with van der Waals surface area (Å²) in [7, 11) is 0. The van der Waals surface area contributed by atoms with Crippen LogP contribution in [0, 0.1) is 6.92 Å². The molecule has 0 amide bonds. The molecule has 20 heavy (non-hydrogen) atoms. The van der Waals surface area contributed by atoms with Crippen molar-refractivity contribution in [3.8, 4) is 22.5 Å². The van der Waals surface area contributed by atoms with Crippen molar-refractivity contribution >= 4 is 17.4 Å². The van der Waals surface area contributed by atoms with E-state index in [1.54, 1.807) is 12.4 Å². The molecule has 5 heteroatoms. The van der Waals surface area contributed by atoms with E-state index < -0.39 is 0 Å². The fraction of sp³-hybridized carbons (Fsp3) is 0.0667. The number of aryl methyl sites for hydroxylation is 1. The van der Waals surface area contributed by atoms with Crippen molar-refractivity contribution in [2.75, 3.05) is 5.73 Å². The molecule has 2 heterocycles. The summed E-state index contributed by atoms with van der Waals surface area (Å²) in [6.45, 7) is 1.97. The van der Waals surface area contributed by atoms with Crippen molar-refractivity contribution in [2.45, 2.75) is 6.92 Å². The van der Waals surface area contributed by atoms with Gasteiger partial charge in [-0.25, -0.2) is 0 Å². The fourth-order valence-electron chi connectivity index (χ4n) is 2.16. The van der Waals surface area contributed by atoms with Crippen LogP contribution < -0.4 is 5.73 Å². The number of nitrogens with two attached hydrogens (primary N) is 1. The van der Waals surface area contributed by atoms with Gasteiger partial charge in [-0.2, -0.15) is 0 Å². The Labute approximate surface area is 121 Å². The molecule has 2 N–H and O–H groups in total. The van der Waals surface area contributed by atoms with E-state index in [2.05, 4.69) is 10.1 Å². The lowest BCUT2D eigenvalue weighted by atomic mass is 10.0. The van der Waals surface area contributed by atoms with Crippen molar-refractivity contribution in [3.05, 3.63) is 53.3 Å². The molecule has 1 aromatic carbocycles. The van der Waals surface area contributed by atoms with Gasteiger partial charge in [-0.1, -0.05) is 22.8 Å². The summed E-state index contributed by atoms with van der Waals surface area (Å²) >= 11 is 6.10. The number of pyridine rings is 1. The standard InChI is InChI=1S/C15H12ClN3O/c1-9-5-11(7-12(16)6-9)14-13(15(17)19-20-14)10-3-2-4-18-8-10/h2-8H,1H3,(H2,17,19). The molecule has 0 fully saturated rings. The number of halogens is 1. The van der Waals surface area contributed by atoms with Crippen molar-refractivity contribution in [1.29, 1.82) is 0 Å². The van der Waals surface area contributed by atoms with Gasteiger partial charge in [0.1, 0.15) is 0 Å². The Morgan fingerprint density at radius 1 is 1.20 bits per heavy atom. The molecule has 100 valence electrons. The first-order chi connectivity index (χ1) is 9.65. The van der Waals surface area contributed by atoms with Crippen LogP contribution in [-0.4, -0.2) is 10.1 Å². The van der Waals surface area contributed by atoms with Crippen LogP contribution in [0.4, 0.5) is 5.82 Å². The topological polar surface area (TPSA) is 64.9 Å². The maximum atomic E-state index is 6.10. The van der Waals surface area contributed by atoms with Gasteiger partial charge < -0.3 is 10.3 Å². The van der Waals surface area contributed by atoms with Gasteiger partial charge in [0.2, 0.25) is 0 Å². The van der Waals surface area contributed by atoms with E-state index in [1.807, 2.05) is 37.3 Å². The molecule has 3 aromatic rings. The monoisotopic (exact) mass is 285 g/mol. The predicted molar refractivity (Wildman–Crippen MR) is 79.3 cm³/mol. The second kappa shape index (κ2) is 4.98. The summed E-state index contributed by atoms with van der Waals surface area (Å²) in [6.07, 6.45) is 3.43. The van der Waals surface area contributed by atoms with Gasteiger partial charge in [-0.15, -0.1) is 0 Å². The van der Waals surface area contributed by atoms with Crippen LogP contribution in [0.5, 0.6) is 0 Å². The highest BCUT2D eigenvalue weighted by Crippen LogP contribution is 2.37. The highest BCUT2D eigenvalue weighted by Gasteiger charge is 2.18. The minimum absolute atomic E-state index is 0.339. The predicted octanol–water partition coefficient (Wildman–Crippen LogP) is 3.95. The largest absolute Gasteiger partial charge is 0.380 e. The van der Waals surface area contributed by atoms with Gasteiger partial charge in [-0.05, 0) is 36.8 Å². The van der Waals surface area contributed by atoms with Crippen LogP contribution in [0.3, 0.4) is 0 Å². The maximum absolute atomic E-state index is 6.10. The van der Waals surface area contributed by atoms with Crippen LogP contribution in [0.2, 0.25) is 5.02 Å². The number of benzene rings is 1. The second-order valence-corrected chi connectivity index (χ2v) is 4.97. The normalized spacial score (nSPS) is 10.7. The number of nitrogen functional groups attached to an aromatic ring is 1. The van der Waals surface area contributed by atoms with E-state index in [-0.39, 0.29) is 0 Å². The van der Waals surface area contributed by atoms with Gasteiger partial charge in [0, 0.05) is 28.5 Å². The number of rotatable bonds is 2. The zero-order chi connectivity index (χ0) is 14.1. The van der Waals surface area contributed by atoms with Crippen LogP contribution in [0.25, 0.3) is 22.5 Å². The lowest BCUT2D eigenvalue weighted by molar-refractivity contribution is 0.436. The first-order valence-electron chi connectivity index (χ1n) is 6.08. The van der Waals surface area contributed by atoms with Crippen molar-refractivity contribution in [1.82, 2.24) is 10.1 Å². The van der Waals surface area contributed by atoms with Crippen molar-refractivity contribution in [2.24, 2.45) is 0 Å². The van der Waals surface area contributed by atoms with Crippen molar-refractivity contribution < 1.29 is 4.52 Å². The molecule has 3 rings (SSSR count). The maximum Gasteiger partial charge on any atom is 0.177 e. The van der Waals surface area contributed by atoms with Gasteiger partial charge in [0.05, 0.1) is 5.56 Å². The average molecular weight is 286 g/mol. The third-order valence-electron chi connectivity index (χ3n) is 2.97. The lowest BCUT2D eigenvalue weighted by Crippen LogP contribution is -1.89. The molecule has 4 nitrogen and oxygen atoms in total. The molecule has 2 aromatic heterocycles. The third-order valence-corrected chi connectivity index (χ3v) is 3.19. The van der Waals surface area contributed by atoms with Crippen LogP contribution in [0.1, 0.15) is 5.56 Å². The summed E-state index contributed by atoms with van der Waals surface area (Å²) < 4.78 is 5.38. The minimum Gasteiger partial charge on any atom is -0.380 e. The molecule has 0 radical (unpaired) electrons. The Morgan fingerprint density at radius 3 is 2.75 bits per heavy atom. The molecule has 0 aliphatic carbocycles. The summed E-state index contributed by atoms with van der Waals surface area (Å²) in [5.74, 6) is 0.937. The van der Waals surface area contributed by atoms with Crippen LogP contribution >= 0.6 is 11.6 Å². The molecule has 0 unspecified atom stereocenters. The molecular formula is C15H12ClN3O. The number of aromatic nitrogens is 2. The molecular weight excluding hydrogens is 274 g/mol. The summed E-state index contributed by atoms with van der Waals surface area (Å²) in [6, 6.07) is 9.44. The van der Waals surface area contributed by atoms with Crippen molar-refractivity contribution in [3.63, 3.8) is 0 Å². The lowest BCUT2D eigenvalue weighted by Gasteiger charge is -2.04. The smallest absolute Gasteiger partial charge is 0.177 e. The van der Waals surface area contributed by atoms with Gasteiger partial charge in [0.15, 0.2) is 11.6 Å². The first-order valence-corrected chi connectivity index (χ1v) is 6.46. The minimum atomic E-state index is 0.339. The van der Waals surface area contributed by atoms with Crippen LogP contribution in [0.15, 0.2) is 47.2 Å². The van der Waals surface area contributed by atoms with E-state index in [0.717, 1.165) is 22.3 Å². The summed E-state index contributed by atoms with van der Waals surface area (Å²) in [5.41, 5.74) is 9.40. The van der Waals surface area contributed by atoms with E-state index in [9.17, 15) is 0 Å². The molecule has 0 spiro atoms. The second-order valence-electron chi connectivity index (χ2n) is 4.53. The summed E-state index contributed by atoms with van der Waals surface area (Å²) in [5, 5.41) is 4.51. The molecule has 0 aliphatic rings. The number of anilines is 1. The Balaban J connectivity index is 2.21. The first kappa shape index (κ1) is 12.7. The molecule has 0 saturated heterocycles. The quantitative estimate of drug-likeness (QED) is 0.774. The van der Waals surface area contributed by atoms with Gasteiger partial charge in [0.25, 0.3) is 0 Å². The van der Waals surface area contributed by atoms with Crippen LogP contribution in [-0.2, 0) is 0 Å². The number of nitrogens with zero attached hydrogens (tertiary/aromatic N) is 2. The Morgan fingerprint density at radius 2 is 2.05 bits per heavy atom. The third kappa shape index (κ3) is 2.26. The fourth-order valence-corrected chi connectivity index (χ4v) is 2.45. The zero-order valence-corrected chi connectivity index (χ0v) is 11.6. The number of hydrogen-bond donors (Lipinski definition) is 1. The molecule has 0 bridgehead atoms. The highest BCUT2D eigenvalue weighted by atomic mass is 35.5. The van der Waals surface area contributed by atoms with E-state index in [0.29, 0.717) is 16.6 Å². The zero-order valence-electron chi connectivity index (χ0n) is 10.8. The van der Waals surface area contributed by atoms with Gasteiger partial charge >= 0.3 is 0 Å². The number of hydrogen-bond acceptors (Lipinski definition) is 4. The van der Waals surface area contributed by atoms with Gasteiger partial charge in [-0.3, -0.25) is 4.98 Å². The Bertz CT molecular complexity index is 733. The molecule has 0 aliphatic heterocycles. The Kier molecular flexibility index (Phi) is 3.16. The Hall–Kier alpha value is -2.33. The molecule has 0 atom stereocenters. The van der Waals surface area contributed by atoms with E-state index in [1.165, 1.54) is 0 Å². The molecule has 0 saturated carbocycles. The van der Waals surface area contributed by atoms with E-state index >= 15 is 0 Å². The van der Waals surface area contributed by atoms with E-state index in [4.69, 9.17) is 21.9 Å². The summed E-state index contributed by atoms with van der Waals surface area (Å²) in [4.78, 5) is 4.10. The SMILES string of the molecule is Cc1cc(Cl)cc(-c2onc(N)c2-c2cccnc2)c1. The average Bonchev–Trinajstić information content (AvgIpc) is 2.80.